The molecule has 2 aliphatic heterocycles. The van der Waals surface area contributed by atoms with Crippen molar-refractivity contribution in [3.8, 4) is 5.75 Å². The maximum atomic E-state index is 13.5. The molecule has 36 heavy (non-hydrogen) atoms. The molecule has 7 heteroatoms. The van der Waals surface area contributed by atoms with Gasteiger partial charge < -0.3 is 14.4 Å². The van der Waals surface area contributed by atoms with E-state index in [1.54, 1.807) is 19.1 Å². The Hall–Kier alpha value is -2.77. The van der Waals surface area contributed by atoms with Crippen molar-refractivity contribution in [3.05, 3.63) is 58.5 Å². The molecule has 0 saturated carbocycles. The van der Waals surface area contributed by atoms with E-state index in [0.717, 1.165) is 36.4 Å². The summed E-state index contributed by atoms with van der Waals surface area (Å²) in [5, 5.41) is 0.692. The molecule has 0 bridgehead atoms. The van der Waals surface area contributed by atoms with Gasteiger partial charge in [0, 0.05) is 49.7 Å². The summed E-state index contributed by atoms with van der Waals surface area (Å²) < 4.78 is 11.0. The molecule has 0 aliphatic carbocycles. The fourth-order valence-corrected chi connectivity index (χ4v) is 6.34. The number of aliphatic imine (C=N–C) groups is 1. The predicted octanol–water partition coefficient (Wildman–Crippen LogP) is 6.45. The smallest absolute Gasteiger partial charge is 0.266 e. The van der Waals surface area contributed by atoms with Crippen molar-refractivity contribution in [2.24, 2.45) is 4.99 Å². The maximum Gasteiger partial charge on any atom is 0.266 e. The number of rotatable bonds is 8. The van der Waals surface area contributed by atoms with E-state index in [1.165, 1.54) is 23.0 Å². The van der Waals surface area contributed by atoms with Gasteiger partial charge in [0.15, 0.2) is 5.17 Å². The van der Waals surface area contributed by atoms with Crippen LogP contribution in [0, 0.1) is 0 Å². The number of methoxy groups -OCH3 is 2. The number of thioether (sulfide) groups is 1. The van der Waals surface area contributed by atoms with Crippen LogP contribution in [0.3, 0.4) is 0 Å². The fourth-order valence-electron chi connectivity index (χ4n) is 5.33. The zero-order chi connectivity index (χ0) is 25.9. The Morgan fingerprint density at radius 2 is 1.94 bits per heavy atom. The van der Waals surface area contributed by atoms with E-state index in [4.69, 9.17) is 14.5 Å². The molecule has 1 amide bonds. The van der Waals surface area contributed by atoms with Crippen LogP contribution in [0.2, 0.25) is 0 Å². The van der Waals surface area contributed by atoms with Crippen molar-refractivity contribution in [2.75, 3.05) is 38.8 Å². The molecule has 1 saturated heterocycles. The van der Waals surface area contributed by atoms with E-state index < -0.39 is 0 Å². The Kier molecular flexibility index (Phi) is 8.10. The highest BCUT2D eigenvalue weighted by Crippen LogP contribution is 2.46. The van der Waals surface area contributed by atoms with Gasteiger partial charge in [0.05, 0.1) is 17.7 Å². The van der Waals surface area contributed by atoms with Crippen molar-refractivity contribution in [2.45, 2.75) is 52.0 Å². The van der Waals surface area contributed by atoms with Crippen molar-refractivity contribution in [1.29, 1.82) is 0 Å². The van der Waals surface area contributed by atoms with Gasteiger partial charge in [0.1, 0.15) is 5.75 Å². The van der Waals surface area contributed by atoms with Gasteiger partial charge in [0.2, 0.25) is 0 Å². The second kappa shape index (κ2) is 11.1. The van der Waals surface area contributed by atoms with E-state index in [9.17, 15) is 4.79 Å². The van der Waals surface area contributed by atoms with E-state index in [2.05, 4.69) is 44.7 Å². The average molecular weight is 508 g/mol. The Labute approximate surface area is 219 Å². The van der Waals surface area contributed by atoms with Gasteiger partial charge in [-0.2, -0.15) is 0 Å². The zero-order valence-corrected chi connectivity index (χ0v) is 23.0. The molecular formula is C29H37N3O3S. The SMILES string of the molecule is CCN1c2cc(OC)c(/C=C3/SC(=Nc4ccccc4)N(CCCOC)C3=O)cc2C(C)CC1(C)C. The number of benzene rings is 2. The predicted molar refractivity (Wildman–Crippen MR) is 150 cm³/mol. The van der Waals surface area contributed by atoms with Crippen LogP contribution in [0.15, 0.2) is 52.4 Å². The van der Waals surface area contributed by atoms with Crippen LogP contribution in [0.5, 0.6) is 5.75 Å². The van der Waals surface area contributed by atoms with Crippen molar-refractivity contribution < 1.29 is 14.3 Å². The van der Waals surface area contributed by atoms with Crippen LogP contribution in [0.1, 0.15) is 57.6 Å². The van der Waals surface area contributed by atoms with Crippen LogP contribution in [0.4, 0.5) is 11.4 Å². The van der Waals surface area contributed by atoms with Gasteiger partial charge in [-0.3, -0.25) is 9.69 Å². The van der Waals surface area contributed by atoms with Gasteiger partial charge in [-0.1, -0.05) is 25.1 Å². The molecule has 0 N–H and O–H groups in total. The van der Waals surface area contributed by atoms with Crippen molar-refractivity contribution in [3.63, 3.8) is 0 Å². The molecule has 1 fully saturated rings. The Morgan fingerprint density at radius 1 is 1.19 bits per heavy atom. The summed E-state index contributed by atoms with van der Waals surface area (Å²) in [5.41, 5.74) is 4.35. The highest BCUT2D eigenvalue weighted by molar-refractivity contribution is 8.18. The Balaban J connectivity index is 1.73. The number of carbonyl (C=O) groups excluding carboxylic acids is 1. The third-order valence-electron chi connectivity index (χ3n) is 6.94. The first-order valence-corrected chi connectivity index (χ1v) is 13.4. The molecule has 2 aromatic carbocycles. The van der Waals surface area contributed by atoms with E-state index in [-0.39, 0.29) is 11.4 Å². The van der Waals surface area contributed by atoms with Gasteiger partial charge in [-0.25, -0.2) is 4.99 Å². The highest BCUT2D eigenvalue weighted by atomic mass is 32.2. The summed E-state index contributed by atoms with van der Waals surface area (Å²) in [6.45, 7) is 11.2. The monoisotopic (exact) mass is 507 g/mol. The topological polar surface area (TPSA) is 54.4 Å². The third kappa shape index (κ3) is 5.32. The summed E-state index contributed by atoms with van der Waals surface area (Å²) in [6, 6.07) is 14.1. The number of hydrogen-bond donors (Lipinski definition) is 0. The average Bonchev–Trinajstić information content (AvgIpc) is 3.13. The molecule has 2 aliphatic rings. The van der Waals surface area contributed by atoms with Gasteiger partial charge in [-0.15, -0.1) is 0 Å². The minimum atomic E-state index is -0.0325. The maximum absolute atomic E-state index is 13.5. The van der Waals surface area contributed by atoms with Gasteiger partial charge >= 0.3 is 0 Å². The lowest BCUT2D eigenvalue weighted by Crippen LogP contribution is -2.48. The number of ether oxygens (including phenoxy) is 2. The van der Waals surface area contributed by atoms with Crippen molar-refractivity contribution in [1.82, 2.24) is 4.90 Å². The normalized spacial score (nSPS) is 21.4. The highest BCUT2D eigenvalue weighted by Gasteiger charge is 2.37. The third-order valence-corrected chi connectivity index (χ3v) is 7.95. The summed E-state index contributed by atoms with van der Waals surface area (Å²) >= 11 is 1.42. The molecule has 1 unspecified atom stereocenters. The fraction of sp³-hybridized carbons (Fsp3) is 0.448. The van der Waals surface area contributed by atoms with E-state index in [0.29, 0.717) is 29.1 Å². The van der Waals surface area contributed by atoms with E-state index >= 15 is 0 Å². The largest absolute Gasteiger partial charge is 0.496 e. The number of hydrogen-bond acceptors (Lipinski definition) is 6. The number of anilines is 1. The zero-order valence-electron chi connectivity index (χ0n) is 22.2. The second-order valence-corrected chi connectivity index (χ2v) is 11.0. The molecule has 0 radical (unpaired) electrons. The Bertz CT molecular complexity index is 1160. The number of amidine groups is 1. The summed E-state index contributed by atoms with van der Waals surface area (Å²) in [6.07, 6.45) is 3.78. The molecule has 0 aromatic heterocycles. The molecule has 6 nitrogen and oxygen atoms in total. The number of nitrogens with zero attached hydrogens (tertiary/aromatic N) is 3. The van der Waals surface area contributed by atoms with Crippen LogP contribution >= 0.6 is 11.8 Å². The van der Waals surface area contributed by atoms with Gasteiger partial charge in [0.25, 0.3) is 5.91 Å². The van der Waals surface area contributed by atoms with Crippen molar-refractivity contribution >= 4 is 40.3 Å². The van der Waals surface area contributed by atoms with Gasteiger partial charge in [-0.05, 0) is 81.1 Å². The summed E-state index contributed by atoms with van der Waals surface area (Å²) in [4.78, 5) is 23.2. The lowest BCUT2D eigenvalue weighted by molar-refractivity contribution is -0.122. The minimum Gasteiger partial charge on any atom is -0.496 e. The second-order valence-electron chi connectivity index (χ2n) is 9.96. The number of para-hydroxylation sites is 1. The van der Waals surface area contributed by atoms with E-state index in [1.807, 2.05) is 36.4 Å². The quantitative estimate of drug-likeness (QED) is 0.304. The van der Waals surface area contributed by atoms with Crippen LogP contribution < -0.4 is 9.64 Å². The first-order chi connectivity index (χ1) is 17.3. The molecule has 1 atom stereocenters. The van der Waals surface area contributed by atoms with Crippen LogP contribution in [0.25, 0.3) is 6.08 Å². The number of amides is 1. The lowest BCUT2D eigenvalue weighted by Gasteiger charge is -2.47. The Morgan fingerprint density at radius 3 is 2.61 bits per heavy atom. The summed E-state index contributed by atoms with van der Waals surface area (Å²) in [7, 11) is 3.37. The number of carbonyl (C=O) groups is 1. The first-order valence-electron chi connectivity index (χ1n) is 12.6. The molecular weight excluding hydrogens is 470 g/mol. The van der Waals surface area contributed by atoms with Crippen LogP contribution in [-0.2, 0) is 9.53 Å². The minimum absolute atomic E-state index is 0.0325. The molecule has 2 heterocycles. The standard InChI is InChI=1S/C29H37N3O3S/c1-7-32-24-18-25(35-6)21(16-23(24)20(2)19-29(32,3)4)17-26-27(33)31(14-11-15-34-5)28(36-26)30-22-12-9-8-10-13-22/h8-10,12-13,16-18,20H,7,11,14-15,19H2,1-6H3/b26-17+,30-28?. The number of fused-ring (bicyclic) bond motifs is 1. The first kappa shape index (κ1) is 26.3. The molecule has 0 spiro atoms. The molecule has 2 aromatic rings. The molecule has 4 rings (SSSR count). The van der Waals surface area contributed by atoms with Crippen LogP contribution in [-0.4, -0.2) is 55.4 Å². The lowest BCUT2D eigenvalue weighted by atomic mass is 9.79. The summed E-state index contributed by atoms with van der Waals surface area (Å²) in [5.74, 6) is 1.15. The molecule has 192 valence electrons.